The predicted octanol–water partition coefficient (Wildman–Crippen LogP) is 3.84. The molecule has 2 N–H and O–H groups in total. The largest absolute Gasteiger partial charge is 0.378 e. The van der Waals surface area contributed by atoms with Crippen LogP contribution in [0.25, 0.3) is 0 Å². The summed E-state index contributed by atoms with van der Waals surface area (Å²) in [6.07, 6.45) is 5.42. The van der Waals surface area contributed by atoms with Crippen molar-refractivity contribution in [2.45, 2.75) is 45.1 Å². The average Bonchev–Trinajstić information content (AvgIpc) is 2.71. The highest BCUT2D eigenvalue weighted by Gasteiger charge is 2.20. The topological polar surface area (TPSA) is 61.4 Å². The molecule has 0 bridgehead atoms. The van der Waals surface area contributed by atoms with E-state index in [1.807, 2.05) is 38.1 Å². The minimum atomic E-state index is -0.644. The van der Waals surface area contributed by atoms with E-state index in [-0.39, 0.29) is 6.04 Å². The highest BCUT2D eigenvalue weighted by atomic mass is 16.2. The summed E-state index contributed by atoms with van der Waals surface area (Å²) in [6, 6.07) is 13.7. The van der Waals surface area contributed by atoms with Gasteiger partial charge in [-0.3, -0.25) is 9.59 Å². The van der Waals surface area contributed by atoms with Crippen molar-refractivity contribution in [3.05, 3.63) is 59.2 Å². The lowest BCUT2D eigenvalue weighted by Crippen LogP contribution is -2.37. The molecular weight excluding hydrogens is 350 g/mol. The Morgan fingerprint density at radius 2 is 1.64 bits per heavy atom. The molecule has 3 rings (SSSR count). The summed E-state index contributed by atoms with van der Waals surface area (Å²) in [5.74, 6) is -1.25. The summed E-state index contributed by atoms with van der Waals surface area (Å²) in [7, 11) is 3.90. The van der Waals surface area contributed by atoms with Gasteiger partial charge in [-0.2, -0.15) is 0 Å². The molecule has 0 aromatic heterocycles. The maximum absolute atomic E-state index is 12.4. The molecule has 2 aromatic carbocycles. The number of benzene rings is 2. The maximum atomic E-state index is 12.4. The van der Waals surface area contributed by atoms with Crippen molar-refractivity contribution in [3.63, 3.8) is 0 Å². The van der Waals surface area contributed by atoms with Gasteiger partial charge in [0.1, 0.15) is 0 Å². The van der Waals surface area contributed by atoms with Gasteiger partial charge in [-0.15, -0.1) is 0 Å². The summed E-state index contributed by atoms with van der Waals surface area (Å²) >= 11 is 0. The minimum absolute atomic E-state index is 0.165. The predicted molar refractivity (Wildman–Crippen MR) is 114 cm³/mol. The number of fused-ring (bicyclic) bond motifs is 1. The number of carbonyl (C=O) groups is 2. The molecule has 0 spiro atoms. The Kier molecular flexibility index (Phi) is 6.34. The van der Waals surface area contributed by atoms with Crippen molar-refractivity contribution in [2.75, 3.05) is 24.3 Å². The summed E-state index contributed by atoms with van der Waals surface area (Å²) < 4.78 is 0. The molecule has 0 saturated carbocycles. The first-order valence-corrected chi connectivity index (χ1v) is 9.99. The fraction of sp³-hybridized carbons (Fsp3) is 0.391. The van der Waals surface area contributed by atoms with Crippen LogP contribution >= 0.6 is 0 Å². The van der Waals surface area contributed by atoms with E-state index >= 15 is 0 Å². The zero-order chi connectivity index (χ0) is 20.1. The zero-order valence-electron chi connectivity index (χ0n) is 16.9. The van der Waals surface area contributed by atoms with Crippen molar-refractivity contribution in [1.82, 2.24) is 5.32 Å². The quantitative estimate of drug-likeness (QED) is 0.776. The van der Waals surface area contributed by atoms with Crippen LogP contribution in [-0.2, 0) is 22.4 Å². The van der Waals surface area contributed by atoms with Gasteiger partial charge in [-0.05, 0) is 73.1 Å². The SMILES string of the molecule is CCC(NC(=O)C(=O)Nc1ccc(N(C)C)cc1)c1ccc2c(c1)CCCC2. The van der Waals surface area contributed by atoms with E-state index in [9.17, 15) is 9.59 Å². The van der Waals surface area contributed by atoms with Crippen molar-refractivity contribution >= 4 is 23.2 Å². The normalized spacial score (nSPS) is 14.0. The summed E-state index contributed by atoms with van der Waals surface area (Å²) in [4.78, 5) is 26.7. The molecule has 1 atom stereocenters. The molecule has 0 saturated heterocycles. The fourth-order valence-corrected chi connectivity index (χ4v) is 3.65. The first-order chi connectivity index (χ1) is 13.5. The van der Waals surface area contributed by atoms with Crippen LogP contribution in [-0.4, -0.2) is 25.9 Å². The Bertz CT molecular complexity index is 843. The molecule has 2 amide bonds. The lowest BCUT2D eigenvalue weighted by atomic mass is 9.89. The van der Waals surface area contributed by atoms with Crippen molar-refractivity contribution < 1.29 is 9.59 Å². The van der Waals surface area contributed by atoms with Crippen molar-refractivity contribution in [3.8, 4) is 0 Å². The van der Waals surface area contributed by atoms with Gasteiger partial charge in [0.15, 0.2) is 0 Å². The molecule has 0 aliphatic heterocycles. The number of nitrogens with one attached hydrogen (secondary N) is 2. The Labute approximate surface area is 167 Å². The van der Waals surface area contributed by atoms with Crippen LogP contribution in [0.3, 0.4) is 0 Å². The van der Waals surface area contributed by atoms with Gasteiger partial charge in [-0.1, -0.05) is 25.1 Å². The minimum Gasteiger partial charge on any atom is -0.378 e. The number of hydrogen-bond donors (Lipinski definition) is 2. The second-order valence-electron chi connectivity index (χ2n) is 7.56. The number of aryl methyl sites for hydroxylation is 2. The van der Waals surface area contributed by atoms with Gasteiger partial charge in [0.05, 0.1) is 6.04 Å². The molecule has 0 heterocycles. The van der Waals surface area contributed by atoms with E-state index in [4.69, 9.17) is 0 Å². The number of carbonyl (C=O) groups excluding carboxylic acids is 2. The van der Waals surface area contributed by atoms with E-state index in [0.717, 1.165) is 30.5 Å². The van der Waals surface area contributed by atoms with Crippen LogP contribution in [0.2, 0.25) is 0 Å². The third-order valence-electron chi connectivity index (χ3n) is 5.34. The third kappa shape index (κ3) is 4.71. The third-order valence-corrected chi connectivity index (χ3v) is 5.34. The molecular formula is C23H29N3O2. The first kappa shape index (κ1) is 19.9. The lowest BCUT2D eigenvalue weighted by Gasteiger charge is -2.21. The summed E-state index contributed by atoms with van der Waals surface area (Å²) in [5, 5.41) is 5.55. The molecule has 0 fully saturated rings. The number of anilines is 2. The lowest BCUT2D eigenvalue weighted by molar-refractivity contribution is -0.136. The Morgan fingerprint density at radius 3 is 2.29 bits per heavy atom. The molecule has 5 heteroatoms. The van der Waals surface area contributed by atoms with Crippen LogP contribution in [0.4, 0.5) is 11.4 Å². The van der Waals surface area contributed by atoms with E-state index < -0.39 is 11.8 Å². The van der Waals surface area contributed by atoms with Gasteiger partial charge in [0, 0.05) is 25.5 Å². The van der Waals surface area contributed by atoms with Gasteiger partial charge < -0.3 is 15.5 Å². The summed E-state index contributed by atoms with van der Waals surface area (Å²) in [5.41, 5.74) is 5.49. The van der Waals surface area contributed by atoms with E-state index in [1.54, 1.807) is 12.1 Å². The van der Waals surface area contributed by atoms with E-state index in [1.165, 1.54) is 24.0 Å². The number of hydrogen-bond acceptors (Lipinski definition) is 3. The zero-order valence-corrected chi connectivity index (χ0v) is 16.9. The highest BCUT2D eigenvalue weighted by molar-refractivity contribution is 6.39. The molecule has 28 heavy (non-hydrogen) atoms. The van der Waals surface area contributed by atoms with Gasteiger partial charge >= 0.3 is 11.8 Å². The standard InChI is InChI=1S/C23H29N3O2/c1-4-21(18-10-9-16-7-5-6-8-17(16)15-18)25-23(28)22(27)24-19-11-13-20(14-12-19)26(2)3/h9-15,21H,4-8H2,1-3H3,(H,24,27)(H,25,28). The van der Waals surface area contributed by atoms with Gasteiger partial charge in [0.2, 0.25) is 0 Å². The number of rotatable bonds is 5. The monoisotopic (exact) mass is 379 g/mol. The second-order valence-corrected chi connectivity index (χ2v) is 7.56. The van der Waals surface area contributed by atoms with Crippen LogP contribution in [0.1, 0.15) is 48.9 Å². The van der Waals surface area contributed by atoms with E-state index in [2.05, 4.69) is 28.8 Å². The smallest absolute Gasteiger partial charge is 0.313 e. The second kappa shape index (κ2) is 8.91. The molecule has 1 unspecified atom stereocenters. The summed E-state index contributed by atoms with van der Waals surface area (Å²) in [6.45, 7) is 2.02. The van der Waals surface area contributed by atoms with Crippen molar-refractivity contribution in [2.24, 2.45) is 0 Å². The number of amides is 2. The first-order valence-electron chi connectivity index (χ1n) is 9.99. The Morgan fingerprint density at radius 1 is 0.964 bits per heavy atom. The average molecular weight is 380 g/mol. The van der Waals surface area contributed by atoms with Gasteiger partial charge in [-0.25, -0.2) is 0 Å². The maximum Gasteiger partial charge on any atom is 0.313 e. The molecule has 0 radical (unpaired) electrons. The highest BCUT2D eigenvalue weighted by Crippen LogP contribution is 2.26. The van der Waals surface area contributed by atoms with Crippen LogP contribution in [0.5, 0.6) is 0 Å². The molecule has 1 aliphatic carbocycles. The molecule has 148 valence electrons. The van der Waals surface area contributed by atoms with Crippen molar-refractivity contribution in [1.29, 1.82) is 0 Å². The van der Waals surface area contributed by atoms with Crippen LogP contribution < -0.4 is 15.5 Å². The van der Waals surface area contributed by atoms with Crippen LogP contribution in [0, 0.1) is 0 Å². The van der Waals surface area contributed by atoms with Crippen LogP contribution in [0.15, 0.2) is 42.5 Å². The molecule has 5 nitrogen and oxygen atoms in total. The van der Waals surface area contributed by atoms with Gasteiger partial charge in [0.25, 0.3) is 0 Å². The Balaban J connectivity index is 1.63. The molecule has 1 aliphatic rings. The fourth-order valence-electron chi connectivity index (χ4n) is 3.65. The number of nitrogens with zero attached hydrogens (tertiary/aromatic N) is 1. The molecule has 2 aromatic rings. The Hall–Kier alpha value is -2.82. The van der Waals surface area contributed by atoms with E-state index in [0.29, 0.717) is 5.69 Å².